The number of ether oxygens (including phenoxy) is 1. The highest BCUT2D eigenvalue weighted by Crippen LogP contribution is 2.19. The fourth-order valence-corrected chi connectivity index (χ4v) is 2.20. The second-order valence-corrected chi connectivity index (χ2v) is 5.37. The van der Waals surface area contributed by atoms with E-state index in [2.05, 4.69) is 36.3 Å². The summed E-state index contributed by atoms with van der Waals surface area (Å²) in [6, 6.07) is 0. The van der Waals surface area contributed by atoms with E-state index in [9.17, 15) is 0 Å². The molecule has 0 spiro atoms. The van der Waals surface area contributed by atoms with Crippen LogP contribution in [0.15, 0.2) is 0 Å². The van der Waals surface area contributed by atoms with Gasteiger partial charge in [-0.15, -0.1) is 10.2 Å². The third kappa shape index (κ3) is 5.98. The Labute approximate surface area is 108 Å². The molecule has 17 heavy (non-hydrogen) atoms. The van der Waals surface area contributed by atoms with Gasteiger partial charge < -0.3 is 10.1 Å². The summed E-state index contributed by atoms with van der Waals surface area (Å²) in [6.07, 6.45) is 3.53. The number of hydrogen-bond acceptors (Lipinski definition) is 5. The summed E-state index contributed by atoms with van der Waals surface area (Å²) in [6.45, 7) is 9.09. The number of rotatable bonds is 9. The third-order valence-corrected chi connectivity index (χ3v) is 3.26. The highest BCUT2D eigenvalue weighted by atomic mass is 32.1. The maximum Gasteiger partial charge on any atom is 0.294 e. The average Bonchev–Trinajstić information content (AvgIpc) is 2.75. The van der Waals surface area contributed by atoms with Gasteiger partial charge in [-0.2, -0.15) is 0 Å². The molecule has 1 aromatic heterocycles. The first-order valence-corrected chi connectivity index (χ1v) is 7.23. The van der Waals surface area contributed by atoms with Gasteiger partial charge in [0.1, 0.15) is 5.01 Å². The summed E-state index contributed by atoms with van der Waals surface area (Å²) in [7, 11) is 0. The van der Waals surface area contributed by atoms with Crippen molar-refractivity contribution < 1.29 is 4.74 Å². The van der Waals surface area contributed by atoms with Crippen molar-refractivity contribution >= 4 is 11.3 Å². The quantitative estimate of drug-likeness (QED) is 0.691. The maximum atomic E-state index is 5.62. The van der Waals surface area contributed by atoms with Gasteiger partial charge in [-0.1, -0.05) is 38.5 Å². The summed E-state index contributed by atoms with van der Waals surface area (Å²) in [4.78, 5) is 0. The lowest BCUT2D eigenvalue weighted by atomic mass is 10.1. The van der Waals surface area contributed by atoms with E-state index in [4.69, 9.17) is 4.74 Å². The van der Waals surface area contributed by atoms with Gasteiger partial charge in [-0.3, -0.25) is 0 Å². The Hall–Kier alpha value is -0.680. The molecule has 0 aliphatic carbocycles. The molecule has 0 aliphatic rings. The van der Waals surface area contributed by atoms with Crippen LogP contribution in [0.3, 0.4) is 0 Å². The molecule has 1 unspecified atom stereocenters. The minimum atomic E-state index is 0.588. The maximum absolute atomic E-state index is 5.62. The van der Waals surface area contributed by atoms with E-state index in [1.807, 2.05) is 0 Å². The average molecular weight is 257 g/mol. The summed E-state index contributed by atoms with van der Waals surface area (Å²) in [5.41, 5.74) is 0. The van der Waals surface area contributed by atoms with Crippen LogP contribution in [0.5, 0.6) is 5.19 Å². The van der Waals surface area contributed by atoms with E-state index in [0.717, 1.165) is 31.1 Å². The molecule has 1 heterocycles. The second kappa shape index (κ2) is 8.42. The van der Waals surface area contributed by atoms with E-state index in [1.165, 1.54) is 24.2 Å². The van der Waals surface area contributed by atoms with Crippen molar-refractivity contribution in [3.05, 3.63) is 5.01 Å². The number of aromatic nitrogens is 2. The first-order valence-electron chi connectivity index (χ1n) is 6.42. The number of hydrogen-bond donors (Lipinski definition) is 1. The van der Waals surface area contributed by atoms with Crippen molar-refractivity contribution in [1.82, 2.24) is 15.5 Å². The zero-order chi connectivity index (χ0) is 12.5. The highest BCUT2D eigenvalue weighted by Gasteiger charge is 2.07. The van der Waals surface area contributed by atoms with Gasteiger partial charge >= 0.3 is 0 Å². The van der Waals surface area contributed by atoms with Gasteiger partial charge in [0, 0.05) is 6.54 Å². The summed E-state index contributed by atoms with van der Waals surface area (Å²) < 4.78 is 5.62. The van der Waals surface area contributed by atoms with Crippen LogP contribution in [-0.4, -0.2) is 23.3 Å². The van der Waals surface area contributed by atoms with Gasteiger partial charge in [-0.25, -0.2) is 0 Å². The largest absolute Gasteiger partial charge is 0.469 e. The van der Waals surface area contributed by atoms with Gasteiger partial charge in [0.05, 0.1) is 6.61 Å². The lowest BCUT2D eigenvalue weighted by molar-refractivity contribution is 0.249. The van der Waals surface area contributed by atoms with Crippen molar-refractivity contribution in [2.75, 3.05) is 13.2 Å². The summed E-state index contributed by atoms with van der Waals surface area (Å²) >= 11 is 1.54. The van der Waals surface area contributed by atoms with Crippen LogP contribution in [0.25, 0.3) is 0 Å². The first-order chi connectivity index (χ1) is 8.26. The van der Waals surface area contributed by atoms with Gasteiger partial charge in [-0.05, 0) is 25.3 Å². The molecule has 0 saturated heterocycles. The molecule has 1 atom stereocenters. The van der Waals surface area contributed by atoms with Crippen LogP contribution in [0.2, 0.25) is 0 Å². The molecule has 1 rings (SSSR count). The molecule has 5 heteroatoms. The minimum Gasteiger partial charge on any atom is -0.469 e. The van der Waals surface area contributed by atoms with Crippen molar-refractivity contribution in [2.24, 2.45) is 5.92 Å². The standard InChI is InChI=1S/C12H23N3OS/c1-4-6-10(3)9-16-12-15-14-11(17-12)8-13-7-5-2/h10,13H,4-9H2,1-3H3. The molecular weight excluding hydrogens is 234 g/mol. The van der Waals surface area contributed by atoms with Crippen LogP contribution in [0, 0.1) is 5.92 Å². The van der Waals surface area contributed by atoms with Gasteiger partial charge in [0.2, 0.25) is 0 Å². The minimum absolute atomic E-state index is 0.588. The molecule has 0 radical (unpaired) electrons. The summed E-state index contributed by atoms with van der Waals surface area (Å²) in [5.74, 6) is 0.588. The van der Waals surface area contributed by atoms with Gasteiger partial charge in [0.25, 0.3) is 5.19 Å². The Morgan fingerprint density at radius 1 is 1.29 bits per heavy atom. The molecule has 0 bridgehead atoms. The lowest BCUT2D eigenvalue weighted by Gasteiger charge is -2.08. The normalized spacial score (nSPS) is 12.6. The second-order valence-electron chi connectivity index (χ2n) is 4.34. The molecule has 1 N–H and O–H groups in total. The lowest BCUT2D eigenvalue weighted by Crippen LogP contribution is -2.13. The molecule has 0 amide bonds. The molecular formula is C12H23N3OS. The molecule has 0 aromatic carbocycles. The Balaban J connectivity index is 2.25. The van der Waals surface area contributed by atoms with Crippen molar-refractivity contribution in [3.8, 4) is 5.19 Å². The Kier molecular flexibility index (Phi) is 7.12. The zero-order valence-corrected chi connectivity index (χ0v) is 11.8. The fraction of sp³-hybridized carbons (Fsp3) is 0.833. The van der Waals surface area contributed by atoms with E-state index < -0.39 is 0 Å². The fourth-order valence-electron chi connectivity index (χ4n) is 1.53. The summed E-state index contributed by atoms with van der Waals surface area (Å²) in [5, 5.41) is 13.1. The van der Waals surface area contributed by atoms with Crippen LogP contribution in [-0.2, 0) is 6.54 Å². The number of nitrogens with zero attached hydrogens (tertiary/aromatic N) is 2. The smallest absolute Gasteiger partial charge is 0.294 e. The molecule has 0 aliphatic heterocycles. The van der Waals surface area contributed by atoms with E-state index in [-0.39, 0.29) is 0 Å². The van der Waals surface area contributed by atoms with Crippen molar-refractivity contribution in [1.29, 1.82) is 0 Å². The highest BCUT2D eigenvalue weighted by molar-refractivity contribution is 7.13. The SMILES string of the molecule is CCCNCc1nnc(OCC(C)CCC)s1. The molecule has 0 fully saturated rings. The predicted molar refractivity (Wildman–Crippen MR) is 71.5 cm³/mol. The molecule has 1 aromatic rings. The molecule has 4 nitrogen and oxygen atoms in total. The Morgan fingerprint density at radius 2 is 2.12 bits per heavy atom. The van der Waals surface area contributed by atoms with E-state index >= 15 is 0 Å². The van der Waals surface area contributed by atoms with E-state index in [1.54, 1.807) is 0 Å². The van der Waals surface area contributed by atoms with Crippen molar-refractivity contribution in [2.45, 2.75) is 46.6 Å². The number of nitrogens with one attached hydrogen (secondary N) is 1. The first kappa shape index (κ1) is 14.4. The van der Waals surface area contributed by atoms with Crippen LogP contribution >= 0.6 is 11.3 Å². The third-order valence-electron chi connectivity index (χ3n) is 2.42. The Morgan fingerprint density at radius 3 is 2.82 bits per heavy atom. The van der Waals surface area contributed by atoms with Crippen LogP contribution < -0.4 is 10.1 Å². The van der Waals surface area contributed by atoms with Crippen LogP contribution in [0.1, 0.15) is 45.0 Å². The van der Waals surface area contributed by atoms with Crippen LogP contribution in [0.4, 0.5) is 0 Å². The zero-order valence-electron chi connectivity index (χ0n) is 11.0. The Bertz CT molecular complexity index is 304. The molecule has 98 valence electrons. The molecule has 0 saturated carbocycles. The monoisotopic (exact) mass is 257 g/mol. The van der Waals surface area contributed by atoms with Crippen molar-refractivity contribution in [3.63, 3.8) is 0 Å². The van der Waals surface area contributed by atoms with E-state index in [0.29, 0.717) is 11.1 Å². The predicted octanol–water partition coefficient (Wildman–Crippen LogP) is 2.85. The topological polar surface area (TPSA) is 47.0 Å². The van der Waals surface area contributed by atoms with Gasteiger partial charge in [0.15, 0.2) is 0 Å².